The van der Waals surface area contributed by atoms with Crippen molar-refractivity contribution in [2.45, 2.75) is 40.0 Å². The van der Waals surface area contributed by atoms with Gasteiger partial charge >= 0.3 is 0 Å². The van der Waals surface area contributed by atoms with Crippen molar-refractivity contribution in [1.82, 2.24) is 0 Å². The average Bonchev–Trinajstić information content (AvgIpc) is 2.55. The molecule has 0 atom stereocenters. The first-order valence-corrected chi connectivity index (χ1v) is 8.63. The lowest BCUT2D eigenvalue weighted by Crippen LogP contribution is -2.44. The number of unbranched alkanes of at least 4 members (excludes halogenated alkanes) is 1. The first kappa shape index (κ1) is 24.6. The summed E-state index contributed by atoms with van der Waals surface area (Å²) in [4.78, 5) is 9.93. The van der Waals surface area contributed by atoms with Crippen LogP contribution in [0.3, 0.4) is 0 Å². The maximum Gasteiger partial charge on any atom is 0.0784 e. The second-order valence-electron chi connectivity index (χ2n) is 5.67. The number of carboxylic acid groups (broad SMARTS) is 1. The van der Waals surface area contributed by atoms with Crippen LogP contribution >= 0.6 is 0 Å². The van der Waals surface area contributed by atoms with Gasteiger partial charge in [-0.05, 0) is 20.3 Å². The molecule has 6 nitrogen and oxygen atoms in total. The van der Waals surface area contributed by atoms with Crippen LogP contribution in [0.15, 0.2) is 0 Å². The molecule has 0 aromatic rings. The Morgan fingerprint density at radius 2 is 1.48 bits per heavy atom. The van der Waals surface area contributed by atoms with Gasteiger partial charge in [-0.15, -0.1) is 0 Å². The van der Waals surface area contributed by atoms with Crippen LogP contribution in [-0.2, 0) is 19.0 Å². The zero-order valence-corrected chi connectivity index (χ0v) is 15.8. The number of rotatable bonds is 14. The van der Waals surface area contributed by atoms with Crippen LogP contribution in [0, 0.1) is 0 Å². The molecule has 6 heteroatoms. The molecular formula is C17H37NO5. The lowest BCUT2D eigenvalue weighted by atomic mass is 10.3. The van der Waals surface area contributed by atoms with E-state index < -0.39 is 5.97 Å². The Bertz CT molecular complexity index is 257. The van der Waals surface area contributed by atoms with Crippen LogP contribution in [0.5, 0.6) is 0 Å². The van der Waals surface area contributed by atoms with E-state index in [0.29, 0.717) is 26.4 Å². The number of aliphatic carboxylic acids is 1. The van der Waals surface area contributed by atoms with Crippen LogP contribution < -0.4 is 5.11 Å². The van der Waals surface area contributed by atoms with Gasteiger partial charge in [-0.3, -0.25) is 0 Å². The summed E-state index contributed by atoms with van der Waals surface area (Å²) < 4.78 is 16.0. The average molecular weight is 335 g/mol. The van der Waals surface area contributed by atoms with Gasteiger partial charge in [0.15, 0.2) is 0 Å². The highest BCUT2D eigenvalue weighted by Gasteiger charge is 2.13. The minimum atomic E-state index is -1.10. The van der Waals surface area contributed by atoms with E-state index in [9.17, 15) is 9.90 Å². The van der Waals surface area contributed by atoms with Gasteiger partial charge in [-0.1, -0.05) is 13.3 Å². The molecule has 0 spiro atoms. The van der Waals surface area contributed by atoms with Crippen LogP contribution in [0.4, 0.5) is 0 Å². The molecule has 0 radical (unpaired) electrons. The zero-order valence-electron chi connectivity index (χ0n) is 15.8. The van der Waals surface area contributed by atoms with E-state index in [4.69, 9.17) is 14.2 Å². The van der Waals surface area contributed by atoms with Gasteiger partial charge in [-0.25, -0.2) is 0 Å². The van der Waals surface area contributed by atoms with E-state index in [1.807, 2.05) is 0 Å². The van der Waals surface area contributed by atoms with Crippen LogP contribution in [-0.4, -0.2) is 77.3 Å². The van der Waals surface area contributed by atoms with Crippen molar-refractivity contribution in [3.8, 4) is 0 Å². The summed E-state index contributed by atoms with van der Waals surface area (Å²) >= 11 is 0. The standard InChI is InChI=1S/C9H22N.C8H16O5/c1-5-8-9-10(4,6-2)7-3;1-11-4-5-13-7-6-12-3-2-8(9)10/h5-9H2,1-4H3;2-7H2,1H3,(H,9,10)/q+1;/p-1. The second-order valence-corrected chi connectivity index (χ2v) is 5.67. The summed E-state index contributed by atoms with van der Waals surface area (Å²) in [6, 6.07) is 0. The molecule has 23 heavy (non-hydrogen) atoms. The molecule has 0 aliphatic heterocycles. The zero-order chi connectivity index (χ0) is 18.0. The first-order chi connectivity index (χ1) is 11.0. The Morgan fingerprint density at radius 3 is 1.91 bits per heavy atom. The van der Waals surface area contributed by atoms with Crippen molar-refractivity contribution < 1.29 is 28.6 Å². The maximum absolute atomic E-state index is 9.93. The molecule has 0 amide bonds. The van der Waals surface area contributed by atoms with Gasteiger partial charge in [0, 0.05) is 19.5 Å². The lowest BCUT2D eigenvalue weighted by Gasteiger charge is -2.31. The number of carboxylic acids is 1. The van der Waals surface area contributed by atoms with Gasteiger partial charge < -0.3 is 28.6 Å². The fraction of sp³-hybridized carbons (Fsp3) is 0.941. The number of methoxy groups -OCH3 is 1. The Labute approximate surface area is 142 Å². The van der Waals surface area contributed by atoms with Gasteiger partial charge in [0.05, 0.1) is 59.7 Å². The molecule has 0 aliphatic carbocycles. The summed E-state index contributed by atoms with van der Waals surface area (Å²) in [7, 11) is 3.94. The predicted octanol–water partition coefficient (Wildman–Crippen LogP) is 1.08. The van der Waals surface area contributed by atoms with Crippen molar-refractivity contribution in [3.63, 3.8) is 0 Å². The molecular weight excluding hydrogens is 298 g/mol. The van der Waals surface area contributed by atoms with E-state index in [1.165, 1.54) is 37.0 Å². The van der Waals surface area contributed by atoms with E-state index >= 15 is 0 Å². The van der Waals surface area contributed by atoms with Gasteiger partial charge in [0.1, 0.15) is 0 Å². The number of carbonyl (C=O) groups is 1. The number of quaternary nitrogens is 1. The van der Waals surface area contributed by atoms with Crippen molar-refractivity contribution in [3.05, 3.63) is 0 Å². The second kappa shape index (κ2) is 17.7. The first-order valence-electron chi connectivity index (χ1n) is 8.63. The Morgan fingerprint density at radius 1 is 0.957 bits per heavy atom. The SMILES string of the molecule is CCCC[N+](C)(CC)CC.COCCOCCOCCC(=O)[O-]. The summed E-state index contributed by atoms with van der Waals surface area (Å²) in [5.74, 6) is -1.10. The third-order valence-corrected chi connectivity index (χ3v) is 3.83. The van der Waals surface area contributed by atoms with E-state index in [1.54, 1.807) is 7.11 Å². The normalized spacial score (nSPS) is 11.0. The molecule has 0 heterocycles. The predicted molar refractivity (Wildman–Crippen MR) is 90.2 cm³/mol. The van der Waals surface area contributed by atoms with Crippen molar-refractivity contribution in [1.29, 1.82) is 0 Å². The number of hydrogen-bond acceptors (Lipinski definition) is 5. The summed E-state index contributed by atoms with van der Waals surface area (Å²) in [6.07, 6.45) is 2.63. The summed E-state index contributed by atoms with van der Waals surface area (Å²) in [5.41, 5.74) is 0. The topological polar surface area (TPSA) is 67.8 Å². The molecule has 0 unspecified atom stereocenters. The third-order valence-electron chi connectivity index (χ3n) is 3.83. The summed E-state index contributed by atoms with van der Waals surface area (Å²) in [5, 5.41) is 9.93. The fourth-order valence-corrected chi connectivity index (χ4v) is 1.70. The molecule has 0 aromatic heterocycles. The van der Waals surface area contributed by atoms with E-state index in [2.05, 4.69) is 27.8 Å². The van der Waals surface area contributed by atoms with Crippen LogP contribution in [0.1, 0.15) is 40.0 Å². The Balaban J connectivity index is 0. The number of hydrogen-bond donors (Lipinski definition) is 0. The van der Waals surface area contributed by atoms with Crippen molar-refractivity contribution in [2.24, 2.45) is 0 Å². The molecule has 0 bridgehead atoms. The Hall–Kier alpha value is -0.690. The molecule has 0 saturated carbocycles. The molecule has 0 saturated heterocycles. The molecule has 0 N–H and O–H groups in total. The van der Waals surface area contributed by atoms with Gasteiger partial charge in [0.2, 0.25) is 0 Å². The number of nitrogens with zero attached hydrogens (tertiary/aromatic N) is 1. The van der Waals surface area contributed by atoms with E-state index in [-0.39, 0.29) is 13.0 Å². The molecule has 0 rings (SSSR count). The minimum Gasteiger partial charge on any atom is -0.550 e. The fourth-order valence-electron chi connectivity index (χ4n) is 1.70. The van der Waals surface area contributed by atoms with Crippen molar-refractivity contribution >= 4 is 5.97 Å². The smallest absolute Gasteiger partial charge is 0.0784 e. The largest absolute Gasteiger partial charge is 0.550 e. The van der Waals surface area contributed by atoms with Gasteiger partial charge in [-0.2, -0.15) is 0 Å². The molecule has 0 aliphatic rings. The quantitative estimate of drug-likeness (QED) is 0.351. The monoisotopic (exact) mass is 335 g/mol. The highest BCUT2D eigenvalue weighted by molar-refractivity contribution is 5.64. The molecule has 140 valence electrons. The lowest BCUT2D eigenvalue weighted by molar-refractivity contribution is -0.906. The third kappa shape index (κ3) is 19.3. The van der Waals surface area contributed by atoms with E-state index in [0.717, 1.165) is 0 Å². The molecule has 0 fully saturated rings. The maximum atomic E-state index is 9.93. The highest BCUT2D eigenvalue weighted by atomic mass is 16.5. The van der Waals surface area contributed by atoms with Gasteiger partial charge in [0.25, 0.3) is 0 Å². The highest BCUT2D eigenvalue weighted by Crippen LogP contribution is 2.03. The van der Waals surface area contributed by atoms with Crippen LogP contribution in [0.25, 0.3) is 0 Å². The Kier molecular flexibility index (Phi) is 18.9. The molecule has 0 aromatic carbocycles. The minimum absolute atomic E-state index is 0.0714. The number of carbonyl (C=O) groups excluding carboxylic acids is 1. The van der Waals surface area contributed by atoms with Crippen molar-refractivity contribution in [2.75, 3.05) is 66.8 Å². The summed E-state index contributed by atoms with van der Waals surface area (Å²) in [6.45, 7) is 12.8. The number of ether oxygens (including phenoxy) is 3. The van der Waals surface area contributed by atoms with Crippen LogP contribution in [0.2, 0.25) is 0 Å².